The fourth-order valence-corrected chi connectivity index (χ4v) is 2.61. The Labute approximate surface area is 151 Å². The number of alkyl halides is 4. The van der Waals surface area contributed by atoms with Gasteiger partial charge in [-0.2, -0.15) is 13.9 Å². The van der Waals surface area contributed by atoms with Gasteiger partial charge in [0.2, 0.25) is 0 Å². The Morgan fingerprint density at radius 3 is 2.67 bits per heavy atom. The number of anilines is 1. The van der Waals surface area contributed by atoms with Crippen molar-refractivity contribution >= 4 is 17.9 Å². The van der Waals surface area contributed by atoms with Crippen molar-refractivity contribution in [2.75, 3.05) is 5.32 Å². The first-order valence-corrected chi connectivity index (χ1v) is 8.08. The summed E-state index contributed by atoms with van der Waals surface area (Å²) in [5.41, 5.74) is 0.594. The summed E-state index contributed by atoms with van der Waals surface area (Å²) in [6.45, 7) is -3.77. The number of aldehydes is 1. The molecule has 1 aromatic carbocycles. The topological polar surface area (TPSA) is 73.2 Å². The number of aromatic nitrogens is 2. The van der Waals surface area contributed by atoms with Gasteiger partial charge in [0.1, 0.15) is 12.3 Å². The Kier molecular flexibility index (Phi) is 5.43. The molecule has 1 aromatic heterocycles. The third-order valence-electron chi connectivity index (χ3n) is 3.94. The van der Waals surface area contributed by atoms with Crippen LogP contribution in [0.4, 0.5) is 23.2 Å². The quantitative estimate of drug-likeness (QED) is 0.556. The summed E-state index contributed by atoms with van der Waals surface area (Å²) in [6, 6.07) is 3.66. The van der Waals surface area contributed by atoms with Crippen LogP contribution in [0.3, 0.4) is 0 Å². The Morgan fingerprint density at radius 2 is 2.07 bits per heavy atom. The van der Waals surface area contributed by atoms with Crippen molar-refractivity contribution in [2.24, 2.45) is 0 Å². The lowest BCUT2D eigenvalue weighted by molar-refractivity contribution is -0.0500. The van der Waals surface area contributed by atoms with Crippen LogP contribution < -0.4 is 10.1 Å². The maximum atomic E-state index is 12.6. The van der Waals surface area contributed by atoms with Crippen molar-refractivity contribution < 1.29 is 31.9 Å². The number of nitrogens with one attached hydrogen (secondary N) is 1. The Hall–Kier alpha value is -2.91. The van der Waals surface area contributed by atoms with E-state index < -0.39 is 25.5 Å². The van der Waals surface area contributed by atoms with Crippen molar-refractivity contribution in [3.05, 3.63) is 41.2 Å². The van der Waals surface area contributed by atoms with Crippen LogP contribution >= 0.6 is 0 Å². The number of ether oxygens (including phenoxy) is 1. The lowest BCUT2D eigenvalue weighted by Gasteiger charge is -2.10. The fourth-order valence-electron chi connectivity index (χ4n) is 2.61. The fraction of sp³-hybridized carbons (Fsp3) is 0.353. The van der Waals surface area contributed by atoms with E-state index in [2.05, 4.69) is 15.2 Å². The zero-order valence-corrected chi connectivity index (χ0v) is 13.9. The number of amides is 1. The van der Waals surface area contributed by atoms with E-state index in [0.717, 1.165) is 23.6 Å². The second-order valence-corrected chi connectivity index (χ2v) is 6.02. The van der Waals surface area contributed by atoms with Gasteiger partial charge < -0.3 is 10.1 Å². The van der Waals surface area contributed by atoms with Crippen molar-refractivity contribution in [1.29, 1.82) is 0 Å². The summed E-state index contributed by atoms with van der Waals surface area (Å²) in [4.78, 5) is 23.4. The summed E-state index contributed by atoms with van der Waals surface area (Å²) in [6.07, 6.45) is 0.602. The summed E-state index contributed by atoms with van der Waals surface area (Å²) in [7, 11) is 0. The van der Waals surface area contributed by atoms with Gasteiger partial charge in [0.25, 0.3) is 12.3 Å². The predicted molar refractivity (Wildman–Crippen MR) is 86.6 cm³/mol. The summed E-state index contributed by atoms with van der Waals surface area (Å²) >= 11 is 0. The first kappa shape index (κ1) is 18.9. The molecule has 0 bridgehead atoms. The average molecular weight is 385 g/mol. The van der Waals surface area contributed by atoms with E-state index in [9.17, 15) is 27.2 Å². The van der Waals surface area contributed by atoms with Crippen molar-refractivity contribution in [1.82, 2.24) is 9.78 Å². The number of rotatable bonds is 8. The molecule has 1 fully saturated rings. The third-order valence-corrected chi connectivity index (χ3v) is 3.94. The molecule has 1 aliphatic rings. The van der Waals surface area contributed by atoms with E-state index >= 15 is 0 Å². The number of carbonyl (C=O) groups is 2. The Balaban J connectivity index is 1.83. The van der Waals surface area contributed by atoms with E-state index in [1.165, 1.54) is 18.3 Å². The van der Waals surface area contributed by atoms with Gasteiger partial charge in [-0.3, -0.25) is 14.3 Å². The molecule has 0 aliphatic heterocycles. The normalized spacial score (nSPS) is 13.9. The van der Waals surface area contributed by atoms with Gasteiger partial charge >= 0.3 is 6.61 Å². The van der Waals surface area contributed by atoms with Crippen molar-refractivity contribution in [3.63, 3.8) is 0 Å². The average Bonchev–Trinajstić information content (AvgIpc) is 3.35. The zero-order valence-electron chi connectivity index (χ0n) is 13.9. The SMILES string of the molecule is O=Cc1ccc(NC(=O)c2cn(CC(F)F)nc2C2CC2)cc1OC(F)F. The molecule has 0 unspecified atom stereocenters. The van der Waals surface area contributed by atoms with Crippen molar-refractivity contribution in [3.8, 4) is 5.75 Å². The van der Waals surface area contributed by atoms with E-state index in [0.29, 0.717) is 12.0 Å². The van der Waals surface area contributed by atoms with Crippen LogP contribution in [0, 0.1) is 0 Å². The number of nitrogens with zero attached hydrogens (tertiary/aromatic N) is 2. The molecule has 144 valence electrons. The molecule has 1 N–H and O–H groups in total. The maximum Gasteiger partial charge on any atom is 0.387 e. The molecule has 0 spiro atoms. The number of carbonyl (C=O) groups excluding carboxylic acids is 2. The Bertz CT molecular complexity index is 850. The molecule has 1 saturated carbocycles. The van der Waals surface area contributed by atoms with E-state index in [-0.39, 0.29) is 28.5 Å². The van der Waals surface area contributed by atoms with Crippen LogP contribution in [0.2, 0.25) is 0 Å². The van der Waals surface area contributed by atoms with Crippen LogP contribution in [0.1, 0.15) is 45.2 Å². The molecule has 6 nitrogen and oxygen atoms in total. The van der Waals surface area contributed by atoms with Gasteiger partial charge in [0.05, 0.1) is 16.8 Å². The molecule has 1 amide bonds. The molecule has 0 saturated heterocycles. The second-order valence-electron chi connectivity index (χ2n) is 6.02. The first-order chi connectivity index (χ1) is 12.9. The molecular formula is C17H15F4N3O3. The number of benzene rings is 1. The minimum Gasteiger partial charge on any atom is -0.434 e. The smallest absolute Gasteiger partial charge is 0.387 e. The van der Waals surface area contributed by atoms with Crippen LogP contribution in [0.5, 0.6) is 5.75 Å². The largest absolute Gasteiger partial charge is 0.434 e. The molecule has 2 aromatic rings. The number of halogens is 4. The van der Waals surface area contributed by atoms with E-state index in [1.54, 1.807) is 0 Å². The monoisotopic (exact) mass is 385 g/mol. The zero-order chi connectivity index (χ0) is 19.6. The summed E-state index contributed by atoms with van der Waals surface area (Å²) < 4.78 is 55.4. The molecule has 1 heterocycles. The van der Waals surface area contributed by atoms with Gasteiger partial charge in [0.15, 0.2) is 6.29 Å². The van der Waals surface area contributed by atoms with Gasteiger partial charge in [0, 0.05) is 23.9 Å². The van der Waals surface area contributed by atoms with Gasteiger partial charge in [-0.05, 0) is 25.0 Å². The van der Waals surface area contributed by atoms with Crippen LogP contribution in [-0.2, 0) is 6.54 Å². The highest BCUT2D eigenvalue weighted by molar-refractivity contribution is 6.05. The number of hydrogen-bond donors (Lipinski definition) is 1. The molecule has 1 aliphatic carbocycles. The Morgan fingerprint density at radius 1 is 1.33 bits per heavy atom. The maximum absolute atomic E-state index is 12.6. The molecule has 3 rings (SSSR count). The lowest BCUT2D eigenvalue weighted by atomic mass is 10.1. The first-order valence-electron chi connectivity index (χ1n) is 8.08. The molecule has 10 heteroatoms. The lowest BCUT2D eigenvalue weighted by Crippen LogP contribution is -2.14. The highest BCUT2D eigenvalue weighted by Crippen LogP contribution is 2.41. The van der Waals surface area contributed by atoms with Gasteiger partial charge in [-0.15, -0.1) is 0 Å². The number of hydrogen-bond acceptors (Lipinski definition) is 4. The minimum absolute atomic E-state index is 0.0415. The van der Waals surface area contributed by atoms with E-state index in [4.69, 9.17) is 0 Å². The molecular weight excluding hydrogens is 370 g/mol. The van der Waals surface area contributed by atoms with Gasteiger partial charge in [-0.1, -0.05) is 0 Å². The molecule has 0 atom stereocenters. The van der Waals surface area contributed by atoms with E-state index in [1.807, 2.05) is 0 Å². The minimum atomic E-state index is -3.14. The standard InChI is InChI=1S/C17H15F4N3O3/c18-14(19)7-24-6-12(15(23-24)9-1-2-9)16(26)22-11-4-3-10(8-25)13(5-11)27-17(20)21/h3-6,8-9,14,17H,1-2,7H2,(H,22,26). The highest BCUT2D eigenvalue weighted by Gasteiger charge is 2.32. The van der Waals surface area contributed by atoms with Crippen LogP contribution in [-0.4, -0.2) is 35.0 Å². The third kappa shape index (κ3) is 4.63. The highest BCUT2D eigenvalue weighted by atomic mass is 19.3. The molecule has 27 heavy (non-hydrogen) atoms. The summed E-state index contributed by atoms with van der Waals surface area (Å²) in [5.74, 6) is -0.951. The van der Waals surface area contributed by atoms with Gasteiger partial charge in [-0.25, -0.2) is 8.78 Å². The summed E-state index contributed by atoms with van der Waals surface area (Å²) in [5, 5.41) is 6.56. The second kappa shape index (κ2) is 7.77. The molecule has 0 radical (unpaired) electrons. The van der Waals surface area contributed by atoms with Crippen molar-refractivity contribution in [2.45, 2.75) is 38.3 Å². The van der Waals surface area contributed by atoms with Crippen LogP contribution in [0.15, 0.2) is 24.4 Å². The predicted octanol–water partition coefficient (Wildman–Crippen LogP) is 3.69. The van der Waals surface area contributed by atoms with Crippen LogP contribution in [0.25, 0.3) is 0 Å².